The number of carbonyl (C=O) groups is 4. The summed E-state index contributed by atoms with van der Waals surface area (Å²) in [6, 6.07) is 9.19. The molecule has 1 aliphatic rings. The molecule has 0 N–H and O–H groups in total. The third kappa shape index (κ3) is 10.4. The minimum atomic E-state index is -1.34. The maximum atomic E-state index is 13.3. The van der Waals surface area contributed by atoms with Crippen LogP contribution in [0.2, 0.25) is 0 Å². The molecule has 1 aromatic carbocycles. The second-order valence-corrected chi connectivity index (χ2v) is 15.0. The van der Waals surface area contributed by atoms with Crippen LogP contribution in [0.25, 0.3) is 0 Å². The molecular formula is C33H49NO9. The highest BCUT2D eigenvalue weighted by atomic mass is 16.7. The fraction of sp³-hybridized carbons (Fsp3) is 0.667. The lowest BCUT2D eigenvalue weighted by Gasteiger charge is -2.45. The van der Waals surface area contributed by atoms with Gasteiger partial charge in [-0.25, -0.2) is 0 Å². The minimum absolute atomic E-state index is 0.334. The largest absolute Gasteiger partial charge is 0.462 e. The summed E-state index contributed by atoms with van der Waals surface area (Å²) in [6.45, 7) is 19.9. The van der Waals surface area contributed by atoms with Crippen molar-refractivity contribution in [2.45, 2.75) is 114 Å². The molecule has 0 saturated carbocycles. The number of esters is 4. The Bertz CT molecular complexity index is 1160. The SMILES string of the molecule is CC(C)(C)C(=O)OC[C@H]1O[C@@H](/N=C/c2ccccc2)[C@H](OC(=O)C(C)(C)C)[C@@H](OC(=O)C(C)(C)C)[C@@H]1OC(=O)C(C)(C)C. The first-order valence-corrected chi connectivity index (χ1v) is 14.6. The average molecular weight is 604 g/mol. The minimum Gasteiger partial charge on any atom is -0.462 e. The van der Waals surface area contributed by atoms with Crippen LogP contribution in [0.1, 0.15) is 88.6 Å². The van der Waals surface area contributed by atoms with Gasteiger partial charge in [0.15, 0.2) is 24.5 Å². The highest BCUT2D eigenvalue weighted by molar-refractivity contribution is 5.80. The van der Waals surface area contributed by atoms with E-state index < -0.39 is 76.2 Å². The molecule has 1 heterocycles. The standard InChI is InChI=1S/C33H49NO9/c1-30(2,3)26(35)39-19-21-22(41-27(36)31(4,5)6)23(42-28(37)32(7,8)9)24(43-29(38)33(10,11)12)25(40-21)34-18-20-16-14-13-15-17-20/h13-18,21-25H,19H2,1-12H3/b34-18+/t21-,22-,23+,24-,25-/m1/s1. The number of hydrogen-bond acceptors (Lipinski definition) is 10. The maximum absolute atomic E-state index is 13.3. The van der Waals surface area contributed by atoms with Gasteiger partial charge in [-0.3, -0.25) is 24.2 Å². The van der Waals surface area contributed by atoms with Crippen LogP contribution < -0.4 is 0 Å². The smallest absolute Gasteiger partial charge is 0.311 e. The van der Waals surface area contributed by atoms with E-state index in [2.05, 4.69) is 4.99 Å². The summed E-state index contributed by atoms with van der Waals surface area (Å²) in [5.74, 6) is -2.34. The van der Waals surface area contributed by atoms with Crippen LogP contribution in [0.4, 0.5) is 0 Å². The van der Waals surface area contributed by atoms with Crippen molar-refractivity contribution in [1.82, 2.24) is 0 Å². The molecule has 10 heteroatoms. The second kappa shape index (κ2) is 13.6. The predicted molar refractivity (Wildman–Crippen MR) is 161 cm³/mol. The molecule has 43 heavy (non-hydrogen) atoms. The van der Waals surface area contributed by atoms with Crippen molar-refractivity contribution in [1.29, 1.82) is 0 Å². The van der Waals surface area contributed by atoms with Crippen molar-refractivity contribution in [2.75, 3.05) is 6.61 Å². The van der Waals surface area contributed by atoms with Crippen molar-refractivity contribution in [3.05, 3.63) is 35.9 Å². The summed E-state index contributed by atoms with van der Waals surface area (Å²) < 4.78 is 29.8. The molecule has 0 spiro atoms. The number of benzene rings is 1. The number of aliphatic imine (C=N–C) groups is 1. The molecule has 0 bridgehead atoms. The van der Waals surface area contributed by atoms with Crippen molar-refractivity contribution in [3.8, 4) is 0 Å². The molecule has 1 fully saturated rings. The Kier molecular flexibility index (Phi) is 11.3. The number of hydrogen-bond donors (Lipinski definition) is 0. The normalized spacial score (nSPS) is 23.4. The van der Waals surface area contributed by atoms with Crippen LogP contribution in [0, 0.1) is 21.7 Å². The summed E-state index contributed by atoms with van der Waals surface area (Å²) in [6.07, 6.45) is -4.71. The first-order chi connectivity index (χ1) is 19.5. The molecule has 0 amide bonds. The van der Waals surface area contributed by atoms with E-state index in [9.17, 15) is 19.2 Å². The van der Waals surface area contributed by atoms with Crippen molar-refractivity contribution in [3.63, 3.8) is 0 Å². The summed E-state index contributed by atoms with van der Waals surface area (Å²) in [5, 5.41) is 0. The van der Waals surface area contributed by atoms with E-state index in [0.717, 1.165) is 5.56 Å². The molecule has 0 radical (unpaired) electrons. The zero-order chi connectivity index (χ0) is 33.0. The number of rotatable bonds is 7. The fourth-order valence-corrected chi connectivity index (χ4v) is 3.53. The van der Waals surface area contributed by atoms with Gasteiger partial charge < -0.3 is 23.7 Å². The van der Waals surface area contributed by atoms with Crippen LogP contribution in [-0.4, -0.2) is 67.3 Å². The Morgan fingerprint density at radius 1 is 0.651 bits per heavy atom. The molecule has 10 nitrogen and oxygen atoms in total. The van der Waals surface area contributed by atoms with Crippen LogP contribution in [-0.2, 0) is 42.9 Å². The van der Waals surface area contributed by atoms with Gasteiger partial charge in [-0.2, -0.15) is 0 Å². The molecular weight excluding hydrogens is 554 g/mol. The molecule has 1 aliphatic heterocycles. The molecule has 0 aliphatic carbocycles. The zero-order valence-corrected chi connectivity index (χ0v) is 27.7. The Morgan fingerprint density at radius 3 is 1.51 bits per heavy atom. The van der Waals surface area contributed by atoms with Crippen molar-refractivity contribution < 1.29 is 42.9 Å². The van der Waals surface area contributed by atoms with Crippen LogP contribution in [0.5, 0.6) is 0 Å². The fourth-order valence-electron chi connectivity index (χ4n) is 3.53. The summed E-state index contributed by atoms with van der Waals surface area (Å²) in [5.41, 5.74) is -2.90. The number of carbonyl (C=O) groups excluding carboxylic acids is 4. The van der Waals surface area contributed by atoms with Gasteiger partial charge in [0, 0.05) is 6.21 Å². The van der Waals surface area contributed by atoms with E-state index in [0.29, 0.717) is 0 Å². The number of ether oxygens (including phenoxy) is 5. The van der Waals surface area contributed by atoms with Crippen molar-refractivity contribution >= 4 is 30.1 Å². The van der Waals surface area contributed by atoms with Gasteiger partial charge >= 0.3 is 23.9 Å². The zero-order valence-electron chi connectivity index (χ0n) is 27.7. The van der Waals surface area contributed by atoms with E-state index >= 15 is 0 Å². The van der Waals surface area contributed by atoms with Crippen LogP contribution in [0.15, 0.2) is 35.3 Å². The van der Waals surface area contributed by atoms with Gasteiger partial charge in [0.1, 0.15) is 12.7 Å². The summed E-state index contributed by atoms with van der Waals surface area (Å²) >= 11 is 0. The quantitative estimate of drug-likeness (QED) is 0.232. The maximum Gasteiger partial charge on any atom is 0.311 e. The lowest BCUT2D eigenvalue weighted by Crippen LogP contribution is -2.63. The predicted octanol–water partition coefficient (Wildman–Crippen LogP) is 5.29. The van der Waals surface area contributed by atoms with Crippen molar-refractivity contribution in [2.24, 2.45) is 26.7 Å². The average Bonchev–Trinajstić information content (AvgIpc) is 2.86. The monoisotopic (exact) mass is 603 g/mol. The molecule has 5 atom stereocenters. The molecule has 1 saturated heterocycles. The molecule has 2 rings (SSSR count). The van der Waals surface area contributed by atoms with Gasteiger partial charge in [-0.15, -0.1) is 0 Å². The Hall–Kier alpha value is -3.27. The molecule has 0 aromatic heterocycles. The Morgan fingerprint density at radius 2 is 1.07 bits per heavy atom. The van der Waals surface area contributed by atoms with E-state index in [1.807, 2.05) is 30.3 Å². The highest BCUT2D eigenvalue weighted by Gasteiger charge is 2.54. The number of nitrogens with zero attached hydrogens (tertiary/aromatic N) is 1. The molecule has 240 valence electrons. The Labute approximate surface area is 255 Å². The van der Waals surface area contributed by atoms with Crippen LogP contribution in [0.3, 0.4) is 0 Å². The second-order valence-electron chi connectivity index (χ2n) is 15.0. The Balaban J connectivity index is 2.70. The lowest BCUT2D eigenvalue weighted by atomic mass is 9.92. The molecule has 1 aromatic rings. The third-order valence-corrected chi connectivity index (χ3v) is 6.34. The lowest BCUT2D eigenvalue weighted by molar-refractivity contribution is -0.258. The van der Waals surface area contributed by atoms with Gasteiger partial charge in [0.2, 0.25) is 0 Å². The van der Waals surface area contributed by atoms with Gasteiger partial charge in [0.05, 0.1) is 21.7 Å². The summed E-state index contributed by atoms with van der Waals surface area (Å²) in [4.78, 5) is 57.1. The van der Waals surface area contributed by atoms with Gasteiger partial charge in [-0.1, -0.05) is 30.3 Å². The summed E-state index contributed by atoms with van der Waals surface area (Å²) in [7, 11) is 0. The van der Waals surface area contributed by atoms with Gasteiger partial charge in [0.25, 0.3) is 0 Å². The van der Waals surface area contributed by atoms with E-state index in [1.165, 1.54) is 0 Å². The van der Waals surface area contributed by atoms with E-state index in [-0.39, 0.29) is 6.61 Å². The first-order valence-electron chi connectivity index (χ1n) is 14.6. The first kappa shape index (κ1) is 35.9. The third-order valence-electron chi connectivity index (χ3n) is 6.34. The molecule has 0 unspecified atom stereocenters. The topological polar surface area (TPSA) is 127 Å². The van der Waals surface area contributed by atoms with Gasteiger partial charge in [-0.05, 0) is 88.6 Å². The van der Waals surface area contributed by atoms with E-state index in [4.69, 9.17) is 23.7 Å². The van der Waals surface area contributed by atoms with E-state index in [1.54, 1.807) is 89.3 Å². The highest BCUT2D eigenvalue weighted by Crippen LogP contribution is 2.34. The van der Waals surface area contributed by atoms with Crippen LogP contribution >= 0.6 is 0 Å².